The van der Waals surface area contributed by atoms with Crippen LogP contribution < -0.4 is 5.46 Å². The van der Waals surface area contributed by atoms with E-state index in [0.29, 0.717) is 11.2 Å². The lowest BCUT2D eigenvalue weighted by Gasteiger charge is -2.32. The number of rotatable bonds is 1. The topological polar surface area (TPSA) is 51.6 Å². The van der Waals surface area contributed by atoms with E-state index in [1.165, 1.54) is 12.3 Å². The molecule has 0 aromatic carbocycles. The summed E-state index contributed by atoms with van der Waals surface area (Å²) in [4.78, 5) is 3.99. The van der Waals surface area contributed by atoms with Crippen LogP contribution in [0.4, 0.5) is 0 Å². The quantitative estimate of drug-likeness (QED) is 0.594. The molecule has 0 unspecified atom stereocenters. The fourth-order valence-electron chi connectivity index (χ4n) is 1.74. The molecule has 2 rings (SSSR count). The van der Waals surface area contributed by atoms with E-state index in [9.17, 15) is 5.11 Å². The van der Waals surface area contributed by atoms with Gasteiger partial charge in [0.05, 0.1) is 17.4 Å². The smallest absolute Gasteiger partial charge is 0.497 e. The first kappa shape index (κ1) is 12.9. The largest absolute Gasteiger partial charge is 0.506 e. The summed E-state index contributed by atoms with van der Waals surface area (Å²) < 4.78 is 11.8. The zero-order valence-corrected chi connectivity index (χ0v) is 11.0. The van der Waals surface area contributed by atoms with Crippen LogP contribution in [0.25, 0.3) is 0 Å². The predicted molar refractivity (Wildman–Crippen MR) is 69.6 cm³/mol. The minimum absolute atomic E-state index is 0.0405. The van der Waals surface area contributed by atoms with E-state index in [2.05, 4.69) is 10.9 Å². The molecule has 1 N–H and O–H groups in total. The van der Waals surface area contributed by atoms with Crippen LogP contribution in [0.5, 0.6) is 5.75 Å². The fourth-order valence-corrected chi connectivity index (χ4v) is 1.74. The molecule has 5 heteroatoms. The molecule has 1 saturated heterocycles. The van der Waals surface area contributed by atoms with Crippen LogP contribution in [-0.4, -0.2) is 28.4 Å². The Kier molecular flexibility index (Phi) is 2.88. The molecule has 1 fully saturated rings. The highest BCUT2D eigenvalue weighted by Crippen LogP contribution is 2.36. The number of hydrogen-bond donors (Lipinski definition) is 1. The zero-order chi connectivity index (χ0) is 13.6. The lowest BCUT2D eigenvalue weighted by molar-refractivity contribution is 0.00578. The highest BCUT2D eigenvalue weighted by molar-refractivity contribution is 6.62. The van der Waals surface area contributed by atoms with E-state index in [-0.39, 0.29) is 5.75 Å². The normalized spacial score (nSPS) is 20.7. The maximum Gasteiger partial charge on any atom is 0.497 e. The Morgan fingerprint density at radius 1 is 1.28 bits per heavy atom. The van der Waals surface area contributed by atoms with Crippen LogP contribution in [0, 0.1) is 12.3 Å². The summed E-state index contributed by atoms with van der Waals surface area (Å²) in [5.41, 5.74) is 0.103. The summed E-state index contributed by atoms with van der Waals surface area (Å²) in [6.07, 6.45) is 6.71. The van der Waals surface area contributed by atoms with E-state index in [4.69, 9.17) is 15.7 Å². The SMILES string of the molecule is C#Cc1ncc(O)cc1B1OC(C)(C)C(C)(C)O1. The molecule has 0 atom stereocenters. The van der Waals surface area contributed by atoms with Crippen LogP contribution >= 0.6 is 0 Å². The van der Waals surface area contributed by atoms with Crippen LogP contribution in [0.3, 0.4) is 0 Å². The van der Waals surface area contributed by atoms with Crippen molar-refractivity contribution in [3.63, 3.8) is 0 Å². The average molecular weight is 245 g/mol. The summed E-state index contributed by atoms with van der Waals surface area (Å²) in [5.74, 6) is 2.51. The number of terminal acetylenes is 1. The van der Waals surface area contributed by atoms with Crippen molar-refractivity contribution in [2.24, 2.45) is 0 Å². The minimum Gasteiger partial charge on any atom is -0.506 e. The summed E-state index contributed by atoms with van der Waals surface area (Å²) in [5, 5.41) is 9.51. The third kappa shape index (κ3) is 1.98. The van der Waals surface area contributed by atoms with Crippen LogP contribution in [0.1, 0.15) is 33.4 Å². The second-order valence-electron chi connectivity index (χ2n) is 5.36. The Balaban J connectivity index is 2.41. The number of aromatic nitrogens is 1. The molecule has 1 aromatic rings. The van der Waals surface area contributed by atoms with Crippen LogP contribution in [-0.2, 0) is 9.31 Å². The van der Waals surface area contributed by atoms with Gasteiger partial charge in [-0.2, -0.15) is 0 Å². The number of hydrogen-bond acceptors (Lipinski definition) is 4. The van der Waals surface area contributed by atoms with Gasteiger partial charge >= 0.3 is 7.12 Å². The lowest BCUT2D eigenvalue weighted by atomic mass is 9.78. The minimum atomic E-state index is -0.611. The summed E-state index contributed by atoms with van der Waals surface area (Å²) >= 11 is 0. The molecule has 1 aliphatic rings. The second-order valence-corrected chi connectivity index (χ2v) is 5.36. The van der Waals surface area contributed by atoms with Crippen LogP contribution in [0.15, 0.2) is 12.3 Å². The molecule has 0 radical (unpaired) electrons. The van der Waals surface area contributed by atoms with Gasteiger partial charge in [0.25, 0.3) is 0 Å². The summed E-state index contributed by atoms with van der Waals surface area (Å²) in [6, 6.07) is 1.53. The van der Waals surface area contributed by atoms with Gasteiger partial charge in [-0.05, 0) is 33.8 Å². The van der Waals surface area contributed by atoms with Gasteiger partial charge < -0.3 is 14.4 Å². The first-order chi connectivity index (χ1) is 8.27. The van der Waals surface area contributed by atoms with Gasteiger partial charge in [-0.3, -0.25) is 0 Å². The molecule has 4 nitrogen and oxygen atoms in total. The van der Waals surface area contributed by atoms with Crippen molar-refractivity contribution >= 4 is 12.6 Å². The molecular weight excluding hydrogens is 229 g/mol. The van der Waals surface area contributed by atoms with Gasteiger partial charge in [0, 0.05) is 5.46 Å². The highest BCUT2D eigenvalue weighted by Gasteiger charge is 2.52. The van der Waals surface area contributed by atoms with Gasteiger partial charge in [-0.25, -0.2) is 4.98 Å². The zero-order valence-electron chi connectivity index (χ0n) is 11.0. The maximum absolute atomic E-state index is 9.51. The van der Waals surface area contributed by atoms with Crippen LogP contribution in [0.2, 0.25) is 0 Å². The van der Waals surface area contributed by atoms with Gasteiger partial charge in [0.2, 0.25) is 0 Å². The number of nitrogens with zero attached hydrogens (tertiary/aromatic N) is 1. The Morgan fingerprint density at radius 2 is 1.83 bits per heavy atom. The summed E-state index contributed by atoms with van der Waals surface area (Å²) in [6.45, 7) is 7.83. The van der Waals surface area contributed by atoms with Gasteiger partial charge in [0.1, 0.15) is 11.4 Å². The molecule has 2 heterocycles. The molecule has 94 valence electrons. The molecule has 0 aliphatic carbocycles. The van der Waals surface area contributed by atoms with Crippen molar-refractivity contribution in [2.75, 3.05) is 0 Å². The Labute approximate surface area is 107 Å². The van der Waals surface area contributed by atoms with Gasteiger partial charge in [-0.1, -0.05) is 5.92 Å². The Morgan fingerprint density at radius 3 is 2.33 bits per heavy atom. The first-order valence-corrected chi connectivity index (χ1v) is 5.78. The van der Waals surface area contributed by atoms with E-state index < -0.39 is 18.3 Å². The second kappa shape index (κ2) is 4.01. The van der Waals surface area contributed by atoms with E-state index in [1.807, 2.05) is 27.7 Å². The van der Waals surface area contributed by atoms with E-state index in [0.717, 1.165) is 0 Å². The molecule has 18 heavy (non-hydrogen) atoms. The molecule has 1 aromatic heterocycles. The molecule has 0 amide bonds. The Hall–Kier alpha value is -1.51. The summed E-state index contributed by atoms with van der Waals surface area (Å²) in [7, 11) is -0.611. The average Bonchev–Trinajstić information content (AvgIpc) is 2.48. The number of aromatic hydroxyl groups is 1. The molecule has 0 bridgehead atoms. The van der Waals surface area contributed by atoms with Crippen molar-refractivity contribution < 1.29 is 14.4 Å². The maximum atomic E-state index is 9.51. The lowest BCUT2D eigenvalue weighted by Crippen LogP contribution is -2.41. The van der Waals surface area contributed by atoms with Gasteiger partial charge in [-0.15, -0.1) is 6.42 Å². The predicted octanol–water partition coefficient (Wildman–Crippen LogP) is 1.07. The monoisotopic (exact) mass is 245 g/mol. The fraction of sp³-hybridized carbons (Fsp3) is 0.462. The van der Waals surface area contributed by atoms with Gasteiger partial charge in [0.15, 0.2) is 0 Å². The van der Waals surface area contributed by atoms with Crippen molar-refractivity contribution in [1.82, 2.24) is 4.98 Å². The van der Waals surface area contributed by atoms with Crippen molar-refractivity contribution in [2.45, 2.75) is 38.9 Å². The van der Waals surface area contributed by atoms with Crippen molar-refractivity contribution in [3.05, 3.63) is 18.0 Å². The Bertz CT molecular complexity index is 503. The van der Waals surface area contributed by atoms with E-state index >= 15 is 0 Å². The number of pyridine rings is 1. The molecule has 0 spiro atoms. The van der Waals surface area contributed by atoms with Crippen molar-refractivity contribution in [1.29, 1.82) is 0 Å². The van der Waals surface area contributed by atoms with E-state index in [1.54, 1.807) is 0 Å². The standard InChI is InChI=1S/C13H16BNO3/c1-6-11-10(7-9(16)8-15-11)14-17-12(2,3)13(4,5)18-14/h1,7-8,16H,2-5H3. The third-order valence-corrected chi connectivity index (χ3v) is 3.55. The molecule has 0 saturated carbocycles. The van der Waals surface area contributed by atoms with Crippen molar-refractivity contribution in [3.8, 4) is 18.1 Å². The third-order valence-electron chi connectivity index (χ3n) is 3.55. The molecular formula is C13H16BNO3. The highest BCUT2D eigenvalue weighted by atomic mass is 16.7. The molecule has 1 aliphatic heterocycles. The first-order valence-electron chi connectivity index (χ1n) is 5.78.